The molecule has 0 aromatic carbocycles. The average molecular weight is 404 g/mol. The van der Waals surface area contributed by atoms with Gasteiger partial charge in [-0.05, 0) is 53.6 Å². The Morgan fingerprint density at radius 1 is 0.839 bits per heavy atom. The maximum Gasteiger partial charge on any atom is 0.138 e. The van der Waals surface area contributed by atoms with Crippen molar-refractivity contribution in [2.24, 2.45) is 0 Å². The molecule has 8 nitrogen and oxygen atoms in total. The molecule has 0 aliphatic heterocycles. The van der Waals surface area contributed by atoms with Crippen molar-refractivity contribution in [3.8, 4) is 33.8 Å². The van der Waals surface area contributed by atoms with E-state index in [2.05, 4.69) is 36.2 Å². The molecular weight excluding hydrogens is 388 g/mol. The minimum absolute atomic E-state index is 0.595. The summed E-state index contributed by atoms with van der Waals surface area (Å²) in [6, 6.07) is 13.8. The van der Waals surface area contributed by atoms with Crippen molar-refractivity contribution in [1.29, 1.82) is 0 Å². The largest absolute Gasteiger partial charge is 0.397 e. The van der Waals surface area contributed by atoms with Gasteiger partial charge in [0.05, 0.1) is 22.6 Å². The van der Waals surface area contributed by atoms with E-state index in [0.29, 0.717) is 5.69 Å². The SMILES string of the molecule is Nc1cncc(-c2ccc3[nH]nc(-c4cc5c(-c6ccncc6)ccnc5[nH]4)c3n2)c1. The minimum atomic E-state index is 0.595. The number of hydrogen-bond acceptors (Lipinski definition) is 6. The second-order valence-electron chi connectivity index (χ2n) is 7.21. The van der Waals surface area contributed by atoms with Crippen LogP contribution in [0.3, 0.4) is 0 Å². The van der Waals surface area contributed by atoms with Gasteiger partial charge in [0.1, 0.15) is 16.9 Å². The van der Waals surface area contributed by atoms with E-state index < -0.39 is 0 Å². The summed E-state index contributed by atoms with van der Waals surface area (Å²) >= 11 is 0. The number of pyridine rings is 4. The first-order valence-corrected chi connectivity index (χ1v) is 9.71. The Morgan fingerprint density at radius 3 is 2.61 bits per heavy atom. The molecule has 0 saturated heterocycles. The van der Waals surface area contributed by atoms with Crippen LogP contribution in [0.1, 0.15) is 0 Å². The summed E-state index contributed by atoms with van der Waals surface area (Å²) in [5.74, 6) is 0. The van der Waals surface area contributed by atoms with Crippen molar-refractivity contribution in [3.63, 3.8) is 0 Å². The van der Waals surface area contributed by atoms with E-state index in [1.165, 1.54) is 0 Å². The molecule has 0 aliphatic carbocycles. The van der Waals surface area contributed by atoms with Crippen molar-refractivity contribution in [2.45, 2.75) is 0 Å². The molecule has 148 valence electrons. The quantitative estimate of drug-likeness (QED) is 0.406. The van der Waals surface area contributed by atoms with Crippen LogP contribution < -0.4 is 5.73 Å². The van der Waals surface area contributed by atoms with Crippen LogP contribution in [0.2, 0.25) is 0 Å². The monoisotopic (exact) mass is 404 g/mol. The molecule has 0 atom stereocenters. The van der Waals surface area contributed by atoms with Gasteiger partial charge in [0.2, 0.25) is 0 Å². The number of nitrogens with zero attached hydrogens (tertiary/aromatic N) is 5. The molecule has 0 radical (unpaired) electrons. The van der Waals surface area contributed by atoms with Gasteiger partial charge in [-0.25, -0.2) is 9.97 Å². The number of nitrogens with two attached hydrogens (primary N) is 1. The number of nitrogen functional groups attached to an aromatic ring is 1. The zero-order valence-electron chi connectivity index (χ0n) is 16.2. The predicted octanol–water partition coefficient (Wildman–Crippen LogP) is 4.21. The number of nitrogens with one attached hydrogen (secondary N) is 2. The van der Waals surface area contributed by atoms with Gasteiger partial charge in [-0.15, -0.1) is 0 Å². The van der Waals surface area contributed by atoms with Crippen LogP contribution in [-0.2, 0) is 0 Å². The van der Waals surface area contributed by atoms with Gasteiger partial charge >= 0.3 is 0 Å². The fourth-order valence-electron chi connectivity index (χ4n) is 3.78. The van der Waals surface area contributed by atoms with E-state index in [9.17, 15) is 0 Å². The summed E-state index contributed by atoms with van der Waals surface area (Å²) in [6.07, 6.45) is 8.73. The number of fused-ring (bicyclic) bond motifs is 2. The van der Waals surface area contributed by atoms with Crippen LogP contribution in [0.4, 0.5) is 5.69 Å². The van der Waals surface area contributed by atoms with Gasteiger partial charge < -0.3 is 10.7 Å². The number of rotatable bonds is 3. The normalized spacial score (nSPS) is 11.4. The second-order valence-corrected chi connectivity index (χ2v) is 7.21. The van der Waals surface area contributed by atoms with Crippen LogP contribution in [0, 0.1) is 0 Å². The number of hydrogen-bond donors (Lipinski definition) is 3. The molecular formula is C23H16N8. The Bertz CT molecular complexity index is 1550. The third-order valence-electron chi connectivity index (χ3n) is 5.24. The third-order valence-corrected chi connectivity index (χ3v) is 5.24. The summed E-state index contributed by atoms with van der Waals surface area (Å²) in [6.45, 7) is 0. The molecule has 31 heavy (non-hydrogen) atoms. The highest BCUT2D eigenvalue weighted by atomic mass is 15.1. The molecule has 0 amide bonds. The Labute approximate surface area is 176 Å². The maximum atomic E-state index is 5.89. The van der Waals surface area contributed by atoms with Crippen molar-refractivity contribution >= 4 is 27.8 Å². The van der Waals surface area contributed by atoms with Gasteiger partial charge in [-0.1, -0.05) is 0 Å². The van der Waals surface area contributed by atoms with Crippen molar-refractivity contribution in [3.05, 3.63) is 73.4 Å². The first-order chi connectivity index (χ1) is 15.3. The molecule has 0 saturated carbocycles. The molecule has 0 spiro atoms. The first kappa shape index (κ1) is 17.3. The number of anilines is 1. The molecule has 6 heterocycles. The van der Waals surface area contributed by atoms with E-state index in [1.807, 2.05) is 36.4 Å². The summed E-state index contributed by atoms with van der Waals surface area (Å²) in [5, 5.41) is 8.59. The molecule has 4 N–H and O–H groups in total. The topological polar surface area (TPSA) is 122 Å². The van der Waals surface area contributed by atoms with Crippen LogP contribution in [0.15, 0.2) is 73.4 Å². The van der Waals surface area contributed by atoms with Crippen LogP contribution in [0.5, 0.6) is 0 Å². The van der Waals surface area contributed by atoms with Crippen LogP contribution in [-0.4, -0.2) is 35.1 Å². The standard InChI is InChI=1S/C23H16N8/c24-15-9-14(11-26-12-15)18-1-2-19-21(28-18)22(31-30-19)20-10-17-16(5-8-27-23(17)29-20)13-3-6-25-7-4-13/h1-12H,24H2,(H,27,29)(H,30,31). The molecule has 0 bridgehead atoms. The summed E-state index contributed by atoms with van der Waals surface area (Å²) in [4.78, 5) is 21.0. The Morgan fingerprint density at radius 2 is 1.74 bits per heavy atom. The van der Waals surface area contributed by atoms with E-state index in [1.54, 1.807) is 31.0 Å². The van der Waals surface area contributed by atoms with E-state index >= 15 is 0 Å². The maximum absolute atomic E-state index is 5.89. The van der Waals surface area contributed by atoms with Crippen molar-refractivity contribution in [1.82, 2.24) is 35.1 Å². The molecule has 6 rings (SSSR count). The molecule has 6 aromatic rings. The molecule has 0 unspecified atom stereocenters. The Hall–Kier alpha value is -4.59. The lowest BCUT2D eigenvalue weighted by atomic mass is 10.1. The fourth-order valence-corrected chi connectivity index (χ4v) is 3.78. The smallest absolute Gasteiger partial charge is 0.138 e. The molecule has 8 heteroatoms. The summed E-state index contributed by atoms with van der Waals surface area (Å²) in [5.41, 5.74) is 14.2. The Kier molecular flexibility index (Phi) is 3.76. The fraction of sp³-hybridized carbons (Fsp3) is 0. The van der Waals surface area contributed by atoms with Crippen molar-refractivity contribution < 1.29 is 0 Å². The molecule has 6 aromatic heterocycles. The highest BCUT2D eigenvalue weighted by Gasteiger charge is 2.16. The average Bonchev–Trinajstić information content (AvgIpc) is 3.43. The zero-order chi connectivity index (χ0) is 20.8. The number of H-pyrrole nitrogens is 2. The Balaban J connectivity index is 1.51. The lowest BCUT2D eigenvalue weighted by molar-refractivity contribution is 1.12. The van der Waals surface area contributed by atoms with Gasteiger partial charge in [-0.3, -0.25) is 15.1 Å². The first-order valence-electron chi connectivity index (χ1n) is 9.71. The highest BCUT2D eigenvalue weighted by Crippen LogP contribution is 2.33. The summed E-state index contributed by atoms with van der Waals surface area (Å²) < 4.78 is 0. The highest BCUT2D eigenvalue weighted by molar-refractivity contribution is 5.99. The number of aromatic nitrogens is 7. The van der Waals surface area contributed by atoms with Crippen LogP contribution in [0.25, 0.3) is 55.8 Å². The van der Waals surface area contributed by atoms with Crippen molar-refractivity contribution in [2.75, 3.05) is 5.73 Å². The summed E-state index contributed by atoms with van der Waals surface area (Å²) in [7, 11) is 0. The molecule has 0 fully saturated rings. The van der Waals surface area contributed by atoms with E-state index in [0.717, 1.165) is 55.8 Å². The third kappa shape index (κ3) is 2.89. The lowest BCUT2D eigenvalue weighted by Gasteiger charge is -2.02. The molecule has 0 aliphatic rings. The second kappa shape index (κ2) is 6.74. The van der Waals surface area contributed by atoms with Gasteiger partial charge in [0.25, 0.3) is 0 Å². The van der Waals surface area contributed by atoms with Gasteiger partial charge in [-0.2, -0.15) is 5.10 Å². The van der Waals surface area contributed by atoms with E-state index in [4.69, 9.17) is 10.7 Å². The zero-order valence-corrected chi connectivity index (χ0v) is 16.2. The predicted molar refractivity (Wildman–Crippen MR) is 120 cm³/mol. The minimum Gasteiger partial charge on any atom is -0.397 e. The van der Waals surface area contributed by atoms with Gasteiger partial charge in [0, 0.05) is 41.9 Å². The van der Waals surface area contributed by atoms with Crippen LogP contribution >= 0.6 is 0 Å². The number of aromatic amines is 2. The van der Waals surface area contributed by atoms with E-state index in [-0.39, 0.29) is 0 Å². The van der Waals surface area contributed by atoms with Gasteiger partial charge in [0.15, 0.2) is 0 Å². The lowest BCUT2D eigenvalue weighted by Crippen LogP contribution is -1.90.